The quantitative estimate of drug-likeness (QED) is 0.799. The number of alkyl halides is 2. The molecular formula is C16H27F2N5O. The smallest absolute Gasteiger partial charge is 0.319 e. The first-order valence-electron chi connectivity index (χ1n) is 8.44. The van der Waals surface area contributed by atoms with E-state index in [9.17, 15) is 13.6 Å². The number of urea groups is 1. The van der Waals surface area contributed by atoms with E-state index in [1.165, 1.54) is 31.7 Å². The minimum Gasteiger partial charge on any atom is -0.338 e. The maximum atomic E-state index is 12.7. The van der Waals surface area contributed by atoms with E-state index < -0.39 is 6.55 Å². The summed E-state index contributed by atoms with van der Waals surface area (Å²) in [5, 5.41) is 5.64. The summed E-state index contributed by atoms with van der Waals surface area (Å²) < 4.78 is 26.2. The molecular weight excluding hydrogens is 316 g/mol. The van der Waals surface area contributed by atoms with E-state index >= 15 is 0 Å². The number of carbonyl (C=O) groups excluding carboxylic acids is 1. The van der Waals surface area contributed by atoms with E-state index in [1.54, 1.807) is 0 Å². The van der Waals surface area contributed by atoms with Gasteiger partial charge in [-0.1, -0.05) is 19.3 Å². The van der Waals surface area contributed by atoms with Crippen LogP contribution < -0.4 is 10.6 Å². The van der Waals surface area contributed by atoms with Gasteiger partial charge in [0, 0.05) is 37.4 Å². The standard InChI is InChI=1S/C16H27F2N5O/c1-22(2)16(7-4-3-5-8-16)12-21-15(24)20-9-6-13-19-10-11-23(13)14(17)18/h10-11,14H,3-9,12H2,1-2H3,(H2,20,21,24). The summed E-state index contributed by atoms with van der Waals surface area (Å²) in [5.41, 5.74) is 0.0154. The van der Waals surface area contributed by atoms with Gasteiger partial charge in [0.25, 0.3) is 0 Å². The van der Waals surface area contributed by atoms with Gasteiger partial charge in [0.05, 0.1) is 0 Å². The van der Waals surface area contributed by atoms with Crippen molar-refractivity contribution in [2.24, 2.45) is 0 Å². The predicted molar refractivity (Wildman–Crippen MR) is 88.1 cm³/mol. The number of nitrogens with one attached hydrogen (secondary N) is 2. The molecule has 1 aliphatic carbocycles. The highest BCUT2D eigenvalue weighted by atomic mass is 19.3. The first-order chi connectivity index (χ1) is 11.4. The number of carbonyl (C=O) groups is 1. The van der Waals surface area contributed by atoms with Gasteiger partial charge in [-0.25, -0.2) is 9.78 Å². The highest BCUT2D eigenvalue weighted by Crippen LogP contribution is 2.31. The van der Waals surface area contributed by atoms with Crippen LogP contribution in [0.2, 0.25) is 0 Å². The minimum absolute atomic E-state index is 0.0154. The molecule has 1 aromatic heterocycles. The maximum Gasteiger partial charge on any atom is 0.319 e. The van der Waals surface area contributed by atoms with Crippen LogP contribution in [0.3, 0.4) is 0 Å². The number of hydrogen-bond acceptors (Lipinski definition) is 3. The Morgan fingerprint density at radius 1 is 1.33 bits per heavy atom. The maximum absolute atomic E-state index is 12.7. The molecule has 0 radical (unpaired) electrons. The lowest BCUT2D eigenvalue weighted by Gasteiger charge is -2.43. The van der Waals surface area contributed by atoms with E-state index in [4.69, 9.17) is 0 Å². The molecule has 2 rings (SSSR count). The SMILES string of the molecule is CN(C)C1(CNC(=O)NCCc2nccn2C(F)F)CCCCC1. The fraction of sp³-hybridized carbons (Fsp3) is 0.750. The Hall–Kier alpha value is -1.70. The van der Waals surface area contributed by atoms with E-state index in [0.717, 1.165) is 17.4 Å². The molecule has 0 saturated heterocycles. The fourth-order valence-corrected chi connectivity index (χ4v) is 3.30. The molecule has 136 valence electrons. The molecule has 1 saturated carbocycles. The van der Waals surface area contributed by atoms with E-state index in [-0.39, 0.29) is 30.4 Å². The van der Waals surface area contributed by atoms with E-state index in [2.05, 4.69) is 34.6 Å². The van der Waals surface area contributed by atoms with Crippen LogP contribution in [0.25, 0.3) is 0 Å². The minimum atomic E-state index is -2.61. The molecule has 0 atom stereocenters. The number of nitrogens with zero attached hydrogens (tertiary/aromatic N) is 3. The molecule has 24 heavy (non-hydrogen) atoms. The van der Waals surface area contributed by atoms with Crippen LogP contribution >= 0.6 is 0 Å². The molecule has 1 heterocycles. The van der Waals surface area contributed by atoms with E-state index in [1.807, 2.05) is 0 Å². The normalized spacial score (nSPS) is 17.2. The largest absolute Gasteiger partial charge is 0.338 e. The zero-order valence-electron chi connectivity index (χ0n) is 14.4. The van der Waals surface area contributed by atoms with Gasteiger partial charge >= 0.3 is 12.6 Å². The van der Waals surface area contributed by atoms with Gasteiger partial charge in [0.15, 0.2) is 0 Å². The summed E-state index contributed by atoms with van der Waals surface area (Å²) in [5.74, 6) is 0.266. The van der Waals surface area contributed by atoms with Gasteiger partial charge in [0.2, 0.25) is 0 Å². The highest BCUT2D eigenvalue weighted by Gasteiger charge is 2.34. The molecule has 2 N–H and O–H groups in total. The average Bonchev–Trinajstić information content (AvgIpc) is 3.02. The second-order valence-electron chi connectivity index (χ2n) is 6.57. The van der Waals surface area contributed by atoms with Crippen LogP contribution in [-0.4, -0.2) is 53.2 Å². The summed E-state index contributed by atoms with van der Waals surface area (Å²) in [4.78, 5) is 18.1. The Bertz CT molecular complexity index is 526. The van der Waals surface area contributed by atoms with Crippen molar-refractivity contribution in [1.82, 2.24) is 25.1 Å². The van der Waals surface area contributed by atoms with Crippen LogP contribution in [0.1, 0.15) is 44.5 Å². The molecule has 1 aliphatic rings. The Labute approximate surface area is 141 Å². The average molecular weight is 343 g/mol. The van der Waals surface area contributed by atoms with Gasteiger partial charge in [-0.05, 0) is 26.9 Å². The topological polar surface area (TPSA) is 62.2 Å². The van der Waals surface area contributed by atoms with Gasteiger partial charge in [-0.3, -0.25) is 4.57 Å². The third-order valence-electron chi connectivity index (χ3n) is 4.90. The molecule has 8 heteroatoms. The first-order valence-corrected chi connectivity index (χ1v) is 8.44. The van der Waals surface area contributed by atoms with Crippen LogP contribution in [0, 0.1) is 0 Å². The van der Waals surface area contributed by atoms with Gasteiger partial charge < -0.3 is 15.5 Å². The second kappa shape index (κ2) is 8.41. The van der Waals surface area contributed by atoms with Gasteiger partial charge in [-0.15, -0.1) is 0 Å². The molecule has 1 fully saturated rings. The second-order valence-corrected chi connectivity index (χ2v) is 6.57. The Morgan fingerprint density at radius 3 is 2.67 bits per heavy atom. The van der Waals surface area contributed by atoms with Crippen molar-refractivity contribution in [2.75, 3.05) is 27.2 Å². The number of amides is 2. The third-order valence-corrected chi connectivity index (χ3v) is 4.90. The monoisotopic (exact) mass is 343 g/mol. The summed E-state index contributed by atoms with van der Waals surface area (Å²) in [7, 11) is 4.10. The number of imidazole rings is 1. The summed E-state index contributed by atoms with van der Waals surface area (Å²) in [6.07, 6.45) is 8.60. The summed E-state index contributed by atoms with van der Waals surface area (Å²) >= 11 is 0. The van der Waals surface area contributed by atoms with Crippen LogP contribution in [0.15, 0.2) is 12.4 Å². The lowest BCUT2D eigenvalue weighted by molar-refractivity contribution is 0.0670. The van der Waals surface area contributed by atoms with Crippen molar-refractivity contribution < 1.29 is 13.6 Å². The zero-order chi connectivity index (χ0) is 17.6. The molecule has 6 nitrogen and oxygen atoms in total. The van der Waals surface area contributed by atoms with Crippen LogP contribution in [0.4, 0.5) is 13.6 Å². The van der Waals surface area contributed by atoms with Crippen molar-refractivity contribution in [3.8, 4) is 0 Å². The number of likely N-dealkylation sites (N-methyl/N-ethyl adjacent to an activating group) is 1. The molecule has 0 spiro atoms. The molecule has 0 unspecified atom stereocenters. The van der Waals surface area contributed by atoms with Gasteiger partial charge in [0.1, 0.15) is 5.82 Å². The third kappa shape index (κ3) is 4.66. The number of rotatable bonds is 7. The molecule has 0 aliphatic heterocycles. The molecule has 1 aromatic rings. The first kappa shape index (κ1) is 18.6. The number of aromatic nitrogens is 2. The van der Waals surface area contributed by atoms with Crippen LogP contribution in [0.5, 0.6) is 0 Å². The number of hydrogen-bond donors (Lipinski definition) is 2. The summed E-state index contributed by atoms with van der Waals surface area (Å²) in [6, 6.07) is -0.267. The van der Waals surface area contributed by atoms with Crippen molar-refractivity contribution in [1.29, 1.82) is 0 Å². The Balaban J connectivity index is 1.76. The molecule has 0 bridgehead atoms. The lowest BCUT2D eigenvalue weighted by Crippen LogP contribution is -2.55. The zero-order valence-corrected chi connectivity index (χ0v) is 14.4. The van der Waals surface area contributed by atoms with Crippen LogP contribution in [-0.2, 0) is 6.42 Å². The Morgan fingerprint density at radius 2 is 2.04 bits per heavy atom. The van der Waals surface area contributed by atoms with Crippen molar-refractivity contribution >= 4 is 6.03 Å². The number of halogens is 2. The molecule has 0 aromatic carbocycles. The fourth-order valence-electron chi connectivity index (χ4n) is 3.30. The summed E-state index contributed by atoms with van der Waals surface area (Å²) in [6.45, 7) is -1.75. The van der Waals surface area contributed by atoms with E-state index in [0.29, 0.717) is 6.54 Å². The Kier molecular flexibility index (Phi) is 6.53. The predicted octanol–water partition coefficient (Wildman–Crippen LogP) is 2.38. The molecule has 2 amide bonds. The lowest BCUT2D eigenvalue weighted by atomic mass is 9.80. The van der Waals surface area contributed by atoms with Crippen molar-refractivity contribution in [2.45, 2.75) is 50.6 Å². The van der Waals surface area contributed by atoms with Crippen molar-refractivity contribution in [3.05, 3.63) is 18.2 Å². The van der Waals surface area contributed by atoms with Crippen molar-refractivity contribution in [3.63, 3.8) is 0 Å². The highest BCUT2D eigenvalue weighted by molar-refractivity contribution is 5.73. The van der Waals surface area contributed by atoms with Gasteiger partial charge in [-0.2, -0.15) is 8.78 Å².